The third-order valence-electron chi connectivity index (χ3n) is 6.34. The van der Waals surface area contributed by atoms with Crippen molar-refractivity contribution < 1.29 is 41.6 Å². The molecule has 0 aliphatic rings. The number of halogens is 4. The van der Waals surface area contributed by atoms with Gasteiger partial charge in [-0.05, 0) is 21.0 Å². The minimum absolute atomic E-state index is 0.158. The van der Waals surface area contributed by atoms with Crippen LogP contribution in [0.2, 0.25) is 5.15 Å². The summed E-state index contributed by atoms with van der Waals surface area (Å²) >= 11 is 5.91. The molecule has 0 saturated heterocycles. The highest BCUT2D eigenvalue weighted by Gasteiger charge is 2.42. The summed E-state index contributed by atoms with van der Waals surface area (Å²) in [5, 5.41) is 2.43. The van der Waals surface area contributed by atoms with Crippen LogP contribution in [0.1, 0.15) is 23.2 Å². The lowest BCUT2D eigenvalue weighted by atomic mass is 10.2. The number of nitrogens with zero attached hydrogens (tertiary/aromatic N) is 6. The Hall–Kier alpha value is -4.38. The standard InChI is InChI=1S/C25H31ClF3N9O5/c1-6-37-13-9-15(42-5)16(43-24(41)25(27,28)29)10-14(13)38(12-18(39)36(4)8-7-35(2)3)17(37)11-32-23(40)19-21(30)34-22(31)20(26)33-19/h9-10H,6-8,11-12H2,1-5H3,(H4-,30,31,32,34,40)/p+1. The van der Waals surface area contributed by atoms with Gasteiger partial charge in [0.25, 0.3) is 17.6 Å². The summed E-state index contributed by atoms with van der Waals surface area (Å²) in [6.07, 6.45) is -5.26. The second kappa shape index (κ2) is 13.3. The Balaban J connectivity index is 2.13. The van der Waals surface area contributed by atoms with Gasteiger partial charge in [-0.15, -0.1) is 0 Å². The molecule has 0 radical (unpaired) electrons. The molecule has 5 N–H and O–H groups in total. The first kappa shape index (κ1) is 33.1. The number of aromatic nitrogens is 4. The van der Waals surface area contributed by atoms with Crippen molar-refractivity contribution in [2.45, 2.75) is 32.7 Å². The number of imidazole rings is 1. The maximum absolute atomic E-state index is 13.3. The third-order valence-corrected chi connectivity index (χ3v) is 6.62. The molecule has 14 nitrogen and oxygen atoms in total. The molecule has 3 rings (SSSR count). The quantitative estimate of drug-likeness (QED) is 0.157. The summed E-state index contributed by atoms with van der Waals surface area (Å²) in [7, 11) is 6.52. The summed E-state index contributed by atoms with van der Waals surface area (Å²) in [6, 6.07) is 2.55. The lowest BCUT2D eigenvalue weighted by Crippen LogP contribution is -2.48. The Morgan fingerprint density at radius 1 is 1.09 bits per heavy atom. The average molecular weight is 631 g/mol. The van der Waals surface area contributed by atoms with Crippen molar-refractivity contribution >= 4 is 52.1 Å². The molecule has 0 atom stereocenters. The maximum atomic E-state index is 13.3. The molecule has 0 fully saturated rings. The van der Waals surface area contributed by atoms with E-state index < -0.39 is 23.8 Å². The highest BCUT2D eigenvalue weighted by atomic mass is 35.5. The summed E-state index contributed by atoms with van der Waals surface area (Å²) in [5.41, 5.74) is 11.8. The number of hydrogen-bond acceptors (Lipinski definition) is 10. The number of carbonyl (C=O) groups is 3. The zero-order valence-corrected chi connectivity index (χ0v) is 24.8. The van der Waals surface area contributed by atoms with Crippen molar-refractivity contribution in [1.29, 1.82) is 0 Å². The Kier molecular flexibility index (Phi) is 10.2. The largest absolute Gasteiger partial charge is 0.493 e. The zero-order valence-electron chi connectivity index (χ0n) is 24.1. The third kappa shape index (κ3) is 7.53. The van der Waals surface area contributed by atoms with Crippen molar-refractivity contribution in [1.82, 2.24) is 29.7 Å². The molecular formula is C25H32ClF3N9O5+. The van der Waals surface area contributed by atoms with Gasteiger partial charge in [-0.25, -0.2) is 23.9 Å². The predicted molar refractivity (Wildman–Crippen MR) is 149 cm³/mol. The summed E-state index contributed by atoms with van der Waals surface area (Å²) < 4.78 is 52.1. The number of ether oxygens (including phenoxy) is 2. The number of anilines is 2. The van der Waals surface area contributed by atoms with Crippen LogP contribution in [0, 0.1) is 0 Å². The number of hydrogen-bond donors (Lipinski definition) is 3. The van der Waals surface area contributed by atoms with Gasteiger partial charge in [-0.1, -0.05) is 11.6 Å². The number of benzene rings is 1. The molecule has 1 aromatic carbocycles. The fourth-order valence-corrected chi connectivity index (χ4v) is 4.22. The Morgan fingerprint density at radius 3 is 2.35 bits per heavy atom. The van der Waals surface area contributed by atoms with E-state index >= 15 is 0 Å². The molecule has 234 valence electrons. The van der Waals surface area contributed by atoms with Crippen LogP contribution in [0.4, 0.5) is 24.8 Å². The minimum atomic E-state index is -5.26. The number of nitrogen functional groups attached to an aromatic ring is 2. The fourth-order valence-electron chi connectivity index (χ4n) is 4.09. The molecule has 2 heterocycles. The summed E-state index contributed by atoms with van der Waals surface area (Å²) in [5.74, 6) is -4.25. The predicted octanol–water partition coefficient (Wildman–Crippen LogP) is 0.983. The maximum Gasteiger partial charge on any atom is 0.491 e. The van der Waals surface area contributed by atoms with Crippen molar-refractivity contribution in [3.8, 4) is 11.5 Å². The van der Waals surface area contributed by atoms with E-state index in [1.165, 1.54) is 28.7 Å². The smallest absolute Gasteiger partial charge is 0.491 e. The fraction of sp³-hybridized carbons (Fsp3) is 0.440. The van der Waals surface area contributed by atoms with E-state index in [9.17, 15) is 27.6 Å². The Labute approximate surface area is 249 Å². The van der Waals surface area contributed by atoms with Gasteiger partial charge in [0.15, 0.2) is 51.6 Å². The number of amides is 2. The van der Waals surface area contributed by atoms with Crippen molar-refractivity contribution in [3.05, 3.63) is 28.8 Å². The van der Waals surface area contributed by atoms with Gasteiger partial charge in [-0.3, -0.25) is 9.59 Å². The van der Waals surface area contributed by atoms with Crippen LogP contribution in [0.3, 0.4) is 0 Å². The minimum Gasteiger partial charge on any atom is -0.493 e. The average Bonchev–Trinajstić information content (AvgIpc) is 3.21. The van der Waals surface area contributed by atoms with Crippen molar-refractivity contribution in [2.75, 3.05) is 52.8 Å². The number of likely N-dealkylation sites (N-methyl/N-ethyl adjacent to an activating group) is 2. The molecule has 2 aromatic heterocycles. The number of methoxy groups -OCH3 is 1. The summed E-state index contributed by atoms with van der Waals surface area (Å²) in [6.45, 7) is 2.59. The molecule has 43 heavy (non-hydrogen) atoms. The first-order valence-electron chi connectivity index (χ1n) is 12.8. The second-order valence-corrected chi connectivity index (χ2v) is 9.92. The number of rotatable bonds is 11. The van der Waals surface area contributed by atoms with Gasteiger partial charge in [0.1, 0.15) is 6.54 Å². The van der Waals surface area contributed by atoms with Gasteiger partial charge in [0, 0.05) is 32.3 Å². The van der Waals surface area contributed by atoms with E-state index in [2.05, 4.69) is 20.0 Å². The van der Waals surface area contributed by atoms with Crippen LogP contribution in [0.5, 0.6) is 11.5 Å². The molecule has 0 spiro atoms. The van der Waals surface area contributed by atoms with E-state index in [1.54, 1.807) is 18.5 Å². The number of nitrogens with one attached hydrogen (secondary N) is 1. The highest BCUT2D eigenvalue weighted by molar-refractivity contribution is 6.31. The van der Waals surface area contributed by atoms with E-state index in [4.69, 9.17) is 27.8 Å². The van der Waals surface area contributed by atoms with E-state index in [0.717, 1.165) is 0 Å². The number of aryl methyl sites for hydroxylation is 1. The zero-order chi connectivity index (χ0) is 32.2. The number of carbonyl (C=O) groups excluding carboxylic acids is 3. The highest BCUT2D eigenvalue weighted by Crippen LogP contribution is 2.34. The normalized spacial score (nSPS) is 11.6. The van der Waals surface area contributed by atoms with Crippen LogP contribution in [0.15, 0.2) is 12.1 Å². The number of alkyl halides is 3. The molecule has 2 amide bonds. The van der Waals surface area contributed by atoms with Gasteiger partial charge >= 0.3 is 12.1 Å². The van der Waals surface area contributed by atoms with Crippen LogP contribution >= 0.6 is 11.6 Å². The summed E-state index contributed by atoms with van der Waals surface area (Å²) in [4.78, 5) is 49.0. The van der Waals surface area contributed by atoms with Crippen molar-refractivity contribution in [3.63, 3.8) is 0 Å². The number of nitrogens with two attached hydrogens (primary N) is 2. The molecule has 0 unspecified atom stereocenters. The van der Waals surface area contributed by atoms with Crippen LogP contribution < -0.4 is 30.8 Å². The molecule has 0 aliphatic heterocycles. The van der Waals surface area contributed by atoms with Gasteiger partial charge in [0.2, 0.25) is 0 Å². The lowest BCUT2D eigenvalue weighted by molar-refractivity contribution is -0.668. The van der Waals surface area contributed by atoms with Gasteiger partial charge < -0.3 is 36.1 Å². The Morgan fingerprint density at radius 2 is 1.77 bits per heavy atom. The van der Waals surface area contributed by atoms with Crippen LogP contribution in [0.25, 0.3) is 11.0 Å². The molecule has 0 bridgehead atoms. The molecular weight excluding hydrogens is 599 g/mol. The van der Waals surface area contributed by atoms with E-state index in [1.807, 2.05) is 19.0 Å². The van der Waals surface area contributed by atoms with Crippen molar-refractivity contribution in [2.24, 2.45) is 0 Å². The Bertz CT molecular complexity index is 1550. The van der Waals surface area contributed by atoms with Gasteiger partial charge in [0.05, 0.1) is 13.7 Å². The first-order chi connectivity index (χ1) is 20.1. The SMILES string of the molecule is CCn1c(CNC(=O)c2nc(Cl)c(N)nc2N)[n+](CC(=O)N(C)CCN(C)C)c2cc(OC(=O)C(F)(F)F)c(OC)cc21. The monoisotopic (exact) mass is 630 g/mol. The van der Waals surface area contributed by atoms with Crippen LogP contribution in [-0.2, 0) is 29.2 Å². The second-order valence-electron chi connectivity index (χ2n) is 9.56. The van der Waals surface area contributed by atoms with Crippen LogP contribution in [-0.4, -0.2) is 89.6 Å². The molecule has 18 heteroatoms. The topological polar surface area (TPSA) is 175 Å². The molecule has 0 aliphatic carbocycles. The molecule has 0 saturated carbocycles. The number of fused-ring (bicyclic) bond motifs is 1. The van der Waals surface area contributed by atoms with Gasteiger partial charge in [-0.2, -0.15) is 13.2 Å². The van der Waals surface area contributed by atoms with E-state index in [0.29, 0.717) is 31.0 Å². The van der Waals surface area contributed by atoms with E-state index in [-0.39, 0.29) is 52.7 Å². The molecule has 3 aromatic rings. The first-order valence-corrected chi connectivity index (χ1v) is 13.1. The number of esters is 1. The lowest BCUT2D eigenvalue weighted by Gasteiger charge is -2.19.